The molecule has 0 spiro atoms. The van der Waals surface area contributed by atoms with Gasteiger partial charge in [0, 0.05) is 17.6 Å². The molecule has 94 valence electrons. The van der Waals surface area contributed by atoms with E-state index in [9.17, 15) is 9.50 Å². The minimum Gasteiger partial charge on any atom is -0.392 e. The van der Waals surface area contributed by atoms with Crippen molar-refractivity contribution in [1.29, 1.82) is 0 Å². The van der Waals surface area contributed by atoms with Crippen LogP contribution in [-0.4, -0.2) is 17.3 Å². The van der Waals surface area contributed by atoms with Crippen molar-refractivity contribution in [3.63, 3.8) is 0 Å². The molecule has 2 N–H and O–H groups in total. The third kappa shape index (κ3) is 3.05. The second kappa shape index (κ2) is 5.61. The largest absolute Gasteiger partial charge is 0.392 e. The number of aliphatic hydroxyl groups excluding tert-OH is 1. The second-order valence-electron chi connectivity index (χ2n) is 4.87. The van der Waals surface area contributed by atoms with Gasteiger partial charge < -0.3 is 10.4 Å². The van der Waals surface area contributed by atoms with Gasteiger partial charge in [0.05, 0.1) is 6.10 Å². The number of aliphatic hydroxyl groups is 1. The average molecular weight is 237 g/mol. The van der Waals surface area contributed by atoms with Crippen molar-refractivity contribution in [3.05, 3.63) is 35.6 Å². The van der Waals surface area contributed by atoms with Crippen LogP contribution in [0.5, 0.6) is 0 Å². The van der Waals surface area contributed by atoms with Gasteiger partial charge in [-0.25, -0.2) is 4.39 Å². The standard InChI is InChI=1S/C14H20FNO/c1-10(11-6-2-3-7-12(11)15)16-13-8-4-5-9-14(13)17/h2-3,6-7,10,13-14,16-17H,4-5,8-9H2,1H3. The smallest absolute Gasteiger partial charge is 0.127 e. The van der Waals surface area contributed by atoms with E-state index in [0.29, 0.717) is 5.56 Å². The van der Waals surface area contributed by atoms with Crippen LogP contribution < -0.4 is 5.32 Å². The molecule has 0 aliphatic heterocycles. The van der Waals surface area contributed by atoms with E-state index in [1.807, 2.05) is 13.0 Å². The van der Waals surface area contributed by atoms with E-state index in [-0.39, 0.29) is 24.0 Å². The van der Waals surface area contributed by atoms with Crippen LogP contribution in [0.25, 0.3) is 0 Å². The molecule has 1 aliphatic carbocycles. The molecule has 0 aromatic heterocycles. The van der Waals surface area contributed by atoms with Gasteiger partial charge >= 0.3 is 0 Å². The van der Waals surface area contributed by atoms with E-state index < -0.39 is 0 Å². The Morgan fingerprint density at radius 1 is 1.29 bits per heavy atom. The van der Waals surface area contributed by atoms with Crippen LogP contribution in [0.3, 0.4) is 0 Å². The maximum Gasteiger partial charge on any atom is 0.127 e. The zero-order valence-corrected chi connectivity index (χ0v) is 10.2. The molecule has 2 nitrogen and oxygen atoms in total. The van der Waals surface area contributed by atoms with Gasteiger partial charge in [0.15, 0.2) is 0 Å². The summed E-state index contributed by atoms with van der Waals surface area (Å²) >= 11 is 0. The first kappa shape index (κ1) is 12.5. The molecule has 1 aromatic carbocycles. The van der Waals surface area contributed by atoms with E-state index in [0.717, 1.165) is 25.7 Å². The lowest BCUT2D eigenvalue weighted by molar-refractivity contribution is 0.0857. The van der Waals surface area contributed by atoms with Gasteiger partial charge in [-0.05, 0) is 25.8 Å². The Kier molecular flexibility index (Phi) is 4.13. The summed E-state index contributed by atoms with van der Waals surface area (Å²) in [6, 6.07) is 6.84. The van der Waals surface area contributed by atoms with Crippen molar-refractivity contribution < 1.29 is 9.50 Å². The van der Waals surface area contributed by atoms with Crippen molar-refractivity contribution in [2.24, 2.45) is 0 Å². The lowest BCUT2D eigenvalue weighted by Gasteiger charge is -2.31. The summed E-state index contributed by atoms with van der Waals surface area (Å²) in [5.74, 6) is -0.183. The monoisotopic (exact) mass is 237 g/mol. The Morgan fingerprint density at radius 3 is 2.71 bits per heavy atom. The molecule has 0 heterocycles. The topological polar surface area (TPSA) is 32.3 Å². The molecular weight excluding hydrogens is 217 g/mol. The van der Waals surface area contributed by atoms with Crippen LogP contribution in [-0.2, 0) is 0 Å². The summed E-state index contributed by atoms with van der Waals surface area (Å²) in [4.78, 5) is 0. The number of rotatable bonds is 3. The molecule has 17 heavy (non-hydrogen) atoms. The first-order chi connectivity index (χ1) is 8.18. The maximum absolute atomic E-state index is 13.6. The fourth-order valence-corrected chi connectivity index (χ4v) is 2.54. The quantitative estimate of drug-likeness (QED) is 0.847. The minimum atomic E-state index is -0.294. The normalized spacial score (nSPS) is 26.8. The number of hydrogen-bond donors (Lipinski definition) is 2. The first-order valence-electron chi connectivity index (χ1n) is 6.37. The molecule has 1 aromatic rings. The highest BCUT2D eigenvalue weighted by Crippen LogP contribution is 2.23. The lowest BCUT2D eigenvalue weighted by atomic mass is 9.91. The maximum atomic E-state index is 13.6. The lowest BCUT2D eigenvalue weighted by Crippen LogP contribution is -2.43. The highest BCUT2D eigenvalue weighted by Gasteiger charge is 2.24. The predicted molar refractivity (Wildman–Crippen MR) is 66.2 cm³/mol. The Labute approximate surface area is 102 Å². The van der Waals surface area contributed by atoms with E-state index >= 15 is 0 Å². The van der Waals surface area contributed by atoms with Gasteiger partial charge in [0.2, 0.25) is 0 Å². The number of hydrogen-bond acceptors (Lipinski definition) is 2. The average Bonchev–Trinajstić information content (AvgIpc) is 2.32. The minimum absolute atomic E-state index is 0.0612. The van der Waals surface area contributed by atoms with E-state index in [1.54, 1.807) is 12.1 Å². The van der Waals surface area contributed by atoms with Crippen LogP contribution in [0.4, 0.5) is 4.39 Å². The van der Waals surface area contributed by atoms with Gasteiger partial charge in [-0.1, -0.05) is 31.0 Å². The number of halogens is 1. The molecule has 3 unspecified atom stereocenters. The van der Waals surface area contributed by atoms with Crippen molar-refractivity contribution in [2.75, 3.05) is 0 Å². The van der Waals surface area contributed by atoms with Gasteiger partial charge in [0.1, 0.15) is 5.82 Å². The molecule has 0 radical (unpaired) electrons. The Hall–Kier alpha value is -0.930. The van der Waals surface area contributed by atoms with Gasteiger partial charge in [0.25, 0.3) is 0 Å². The van der Waals surface area contributed by atoms with Gasteiger partial charge in [-0.3, -0.25) is 0 Å². The van der Waals surface area contributed by atoms with Gasteiger partial charge in [-0.2, -0.15) is 0 Å². The fourth-order valence-electron chi connectivity index (χ4n) is 2.54. The van der Waals surface area contributed by atoms with Crippen molar-refractivity contribution in [1.82, 2.24) is 5.32 Å². The molecule has 3 atom stereocenters. The molecule has 1 saturated carbocycles. The van der Waals surface area contributed by atoms with Crippen molar-refractivity contribution in [3.8, 4) is 0 Å². The molecule has 0 amide bonds. The predicted octanol–water partition coefficient (Wildman–Crippen LogP) is 2.78. The Balaban J connectivity index is 2.01. The van der Waals surface area contributed by atoms with Crippen LogP contribution >= 0.6 is 0 Å². The summed E-state index contributed by atoms with van der Waals surface area (Å²) in [7, 11) is 0. The second-order valence-corrected chi connectivity index (χ2v) is 4.87. The number of benzene rings is 1. The summed E-state index contributed by atoms with van der Waals surface area (Å²) in [5.41, 5.74) is 0.672. The van der Waals surface area contributed by atoms with E-state index in [4.69, 9.17) is 0 Å². The van der Waals surface area contributed by atoms with E-state index in [2.05, 4.69) is 5.32 Å². The van der Waals surface area contributed by atoms with Crippen molar-refractivity contribution in [2.45, 2.75) is 50.8 Å². The zero-order valence-electron chi connectivity index (χ0n) is 10.2. The summed E-state index contributed by atoms with van der Waals surface area (Å²) in [5, 5.41) is 13.2. The Morgan fingerprint density at radius 2 is 2.00 bits per heavy atom. The van der Waals surface area contributed by atoms with Crippen molar-refractivity contribution >= 4 is 0 Å². The highest BCUT2D eigenvalue weighted by molar-refractivity contribution is 5.20. The molecule has 1 fully saturated rings. The summed E-state index contributed by atoms with van der Waals surface area (Å²) < 4.78 is 13.6. The highest BCUT2D eigenvalue weighted by atomic mass is 19.1. The number of nitrogens with one attached hydrogen (secondary N) is 1. The Bertz CT molecular complexity index is 369. The van der Waals surface area contributed by atoms with Crippen LogP contribution in [0, 0.1) is 5.82 Å². The first-order valence-corrected chi connectivity index (χ1v) is 6.37. The molecule has 0 bridgehead atoms. The third-order valence-corrected chi connectivity index (χ3v) is 3.57. The van der Waals surface area contributed by atoms with E-state index in [1.165, 1.54) is 6.07 Å². The molecule has 0 saturated heterocycles. The molecule has 3 heteroatoms. The molecule has 2 rings (SSSR count). The SMILES string of the molecule is CC(NC1CCCCC1O)c1ccccc1F. The fraction of sp³-hybridized carbons (Fsp3) is 0.571. The molecule has 1 aliphatic rings. The zero-order chi connectivity index (χ0) is 12.3. The van der Waals surface area contributed by atoms with Crippen LogP contribution in [0.15, 0.2) is 24.3 Å². The van der Waals surface area contributed by atoms with Crippen LogP contribution in [0.2, 0.25) is 0 Å². The third-order valence-electron chi connectivity index (χ3n) is 3.57. The summed E-state index contributed by atoms with van der Waals surface area (Å²) in [6.45, 7) is 1.94. The molecular formula is C14H20FNO. The van der Waals surface area contributed by atoms with Gasteiger partial charge in [-0.15, -0.1) is 0 Å². The summed E-state index contributed by atoms with van der Waals surface area (Å²) in [6.07, 6.45) is 3.76. The van der Waals surface area contributed by atoms with Crippen LogP contribution in [0.1, 0.15) is 44.2 Å².